The standard InChI is InChI=1S/C31H41N5O8/c1-18(2)26(37)28(39)33-20(4)29(40)36-13-5-6-24(35-36)27(38)32-19(3)23-10-9-22-8-7-21(14-25(22)34-23)11-12-31(30(41)42)15-43-17-44-16-31/h7-12,14,18-20,24,26,35,37H,5-6,13,15-17H2,1-4H3,(H,32,38)(H,33,39)(H,41,42)/b12-11+/t19-,20+,24?,26?/m1/s1. The maximum absolute atomic E-state index is 13.2. The summed E-state index contributed by atoms with van der Waals surface area (Å²) in [6.45, 7) is 7.25. The van der Waals surface area contributed by atoms with Gasteiger partial charge in [-0.05, 0) is 50.3 Å². The summed E-state index contributed by atoms with van der Waals surface area (Å²) in [5, 5.41) is 27.4. The SMILES string of the molecule is CC(C)C(O)C(=O)N[C@@H](C)C(=O)N1CCCC(C(=O)N[C@H](C)c2ccc3ccc(/C=C/C4(C(=O)O)COCOC4)cc3n2)N1. The summed E-state index contributed by atoms with van der Waals surface area (Å²) in [7, 11) is 0. The van der Waals surface area contributed by atoms with Gasteiger partial charge in [0.15, 0.2) is 0 Å². The zero-order valence-corrected chi connectivity index (χ0v) is 25.4. The van der Waals surface area contributed by atoms with Crippen molar-refractivity contribution in [2.75, 3.05) is 26.6 Å². The number of carbonyl (C=O) groups is 4. The quantitative estimate of drug-likeness (QED) is 0.264. The highest BCUT2D eigenvalue weighted by atomic mass is 16.7. The van der Waals surface area contributed by atoms with Crippen LogP contribution >= 0.6 is 0 Å². The molecule has 3 amide bonds. The highest BCUT2D eigenvalue weighted by Crippen LogP contribution is 2.27. The summed E-state index contributed by atoms with van der Waals surface area (Å²) < 4.78 is 10.5. The fourth-order valence-electron chi connectivity index (χ4n) is 5.01. The van der Waals surface area contributed by atoms with Crippen molar-refractivity contribution in [3.8, 4) is 0 Å². The Morgan fingerprint density at radius 1 is 1.09 bits per heavy atom. The first-order chi connectivity index (χ1) is 20.9. The second kappa shape index (κ2) is 14.2. The van der Waals surface area contributed by atoms with Gasteiger partial charge in [-0.3, -0.25) is 29.2 Å². The summed E-state index contributed by atoms with van der Waals surface area (Å²) in [4.78, 5) is 55.0. The van der Waals surface area contributed by atoms with Crippen molar-refractivity contribution in [3.05, 3.63) is 47.7 Å². The van der Waals surface area contributed by atoms with Gasteiger partial charge in [0.05, 0.1) is 30.5 Å². The van der Waals surface area contributed by atoms with E-state index in [0.717, 1.165) is 10.9 Å². The second-order valence-electron chi connectivity index (χ2n) is 11.8. The Hall–Kier alpha value is -3.91. The zero-order valence-electron chi connectivity index (χ0n) is 25.4. The highest BCUT2D eigenvalue weighted by Gasteiger charge is 2.39. The molecule has 2 saturated heterocycles. The number of aromatic nitrogens is 1. The number of carboxylic acids is 1. The van der Waals surface area contributed by atoms with Crippen molar-refractivity contribution in [1.82, 2.24) is 26.1 Å². The average molecular weight is 612 g/mol. The minimum absolute atomic E-state index is 0.0197. The van der Waals surface area contributed by atoms with Gasteiger partial charge in [0.2, 0.25) is 11.8 Å². The first-order valence-corrected chi connectivity index (χ1v) is 14.8. The number of hydrogen-bond acceptors (Lipinski definition) is 9. The number of rotatable bonds is 10. The normalized spacial score (nSPS) is 20.7. The van der Waals surface area contributed by atoms with E-state index in [0.29, 0.717) is 30.6 Å². The number of aliphatic hydroxyl groups is 1. The number of hydrazine groups is 1. The van der Waals surface area contributed by atoms with Crippen LogP contribution in [-0.4, -0.2) is 88.6 Å². The van der Waals surface area contributed by atoms with E-state index in [-0.39, 0.29) is 31.8 Å². The number of fused-ring (bicyclic) bond motifs is 1. The fourth-order valence-corrected chi connectivity index (χ4v) is 5.01. The molecule has 238 valence electrons. The van der Waals surface area contributed by atoms with Crippen LogP contribution in [0.15, 0.2) is 36.4 Å². The number of aliphatic hydroxyl groups excluding tert-OH is 1. The van der Waals surface area contributed by atoms with Gasteiger partial charge < -0.3 is 30.3 Å². The molecule has 2 aliphatic rings. The third-order valence-electron chi connectivity index (χ3n) is 7.84. The van der Waals surface area contributed by atoms with E-state index >= 15 is 0 Å². The van der Waals surface area contributed by atoms with E-state index in [2.05, 4.69) is 16.1 Å². The summed E-state index contributed by atoms with van der Waals surface area (Å²) in [6.07, 6.45) is 3.18. The number of ether oxygens (including phenoxy) is 2. The van der Waals surface area contributed by atoms with E-state index in [4.69, 9.17) is 14.5 Å². The Bertz CT molecular complexity index is 1410. The maximum Gasteiger partial charge on any atom is 0.318 e. The number of amides is 3. The summed E-state index contributed by atoms with van der Waals surface area (Å²) in [6, 6.07) is 7.35. The van der Waals surface area contributed by atoms with Gasteiger partial charge in [-0.25, -0.2) is 5.43 Å². The van der Waals surface area contributed by atoms with Crippen LogP contribution in [0.4, 0.5) is 0 Å². The van der Waals surface area contributed by atoms with Crippen LogP contribution in [0.5, 0.6) is 0 Å². The second-order valence-corrected chi connectivity index (χ2v) is 11.8. The maximum atomic E-state index is 13.2. The van der Waals surface area contributed by atoms with E-state index in [1.54, 1.807) is 26.0 Å². The largest absolute Gasteiger partial charge is 0.480 e. The Morgan fingerprint density at radius 3 is 2.48 bits per heavy atom. The van der Waals surface area contributed by atoms with Gasteiger partial charge in [0, 0.05) is 11.9 Å². The molecule has 0 aliphatic carbocycles. The van der Waals surface area contributed by atoms with Gasteiger partial charge >= 0.3 is 5.97 Å². The molecule has 4 rings (SSSR count). The van der Waals surface area contributed by atoms with Crippen LogP contribution in [0.3, 0.4) is 0 Å². The van der Waals surface area contributed by atoms with E-state index in [1.807, 2.05) is 37.3 Å². The van der Waals surface area contributed by atoms with Gasteiger partial charge in [0.25, 0.3) is 5.91 Å². The molecule has 1 aromatic carbocycles. The molecule has 3 heterocycles. The number of pyridine rings is 1. The van der Waals surface area contributed by atoms with Crippen LogP contribution in [0.2, 0.25) is 0 Å². The third kappa shape index (κ3) is 7.78. The number of hydrogen-bond donors (Lipinski definition) is 5. The first-order valence-electron chi connectivity index (χ1n) is 14.8. The minimum Gasteiger partial charge on any atom is -0.480 e. The van der Waals surface area contributed by atoms with Gasteiger partial charge in [-0.15, -0.1) is 0 Å². The zero-order chi connectivity index (χ0) is 32.0. The Kier molecular flexibility index (Phi) is 10.7. The molecule has 2 aromatic rings. The third-order valence-corrected chi connectivity index (χ3v) is 7.84. The number of carboxylic acid groups (broad SMARTS) is 1. The van der Waals surface area contributed by atoms with Gasteiger partial charge in [0.1, 0.15) is 30.4 Å². The van der Waals surface area contributed by atoms with Gasteiger partial charge in [-0.1, -0.05) is 44.2 Å². The molecule has 0 bridgehead atoms. The smallest absolute Gasteiger partial charge is 0.318 e. The summed E-state index contributed by atoms with van der Waals surface area (Å²) >= 11 is 0. The molecule has 1 aromatic heterocycles. The number of carbonyl (C=O) groups excluding carboxylic acids is 3. The first kappa shape index (κ1) is 33.0. The molecular formula is C31H41N5O8. The van der Waals surface area contributed by atoms with Crippen molar-refractivity contribution < 1.29 is 38.9 Å². The van der Waals surface area contributed by atoms with Crippen molar-refractivity contribution in [1.29, 1.82) is 0 Å². The van der Waals surface area contributed by atoms with Crippen LogP contribution in [-0.2, 0) is 28.7 Å². The highest BCUT2D eigenvalue weighted by molar-refractivity contribution is 5.90. The topological polar surface area (TPSA) is 179 Å². The van der Waals surface area contributed by atoms with Gasteiger partial charge in [-0.2, -0.15) is 0 Å². The lowest BCUT2D eigenvalue weighted by molar-refractivity contribution is -0.180. The molecule has 13 nitrogen and oxygen atoms in total. The Morgan fingerprint density at radius 2 is 1.80 bits per heavy atom. The fraction of sp³-hybridized carbons (Fsp3) is 0.516. The molecule has 0 radical (unpaired) electrons. The summed E-state index contributed by atoms with van der Waals surface area (Å²) in [5.41, 5.74) is 3.77. The lowest BCUT2D eigenvalue weighted by Crippen LogP contribution is -2.61. The molecule has 2 unspecified atom stereocenters. The molecule has 4 atom stereocenters. The molecule has 13 heteroatoms. The van der Waals surface area contributed by atoms with Crippen molar-refractivity contribution in [2.45, 2.75) is 64.8 Å². The van der Waals surface area contributed by atoms with Crippen molar-refractivity contribution >= 4 is 40.7 Å². The van der Waals surface area contributed by atoms with E-state index in [9.17, 15) is 29.4 Å². The Balaban J connectivity index is 1.39. The molecule has 2 aliphatic heterocycles. The number of benzene rings is 1. The number of nitrogens with zero attached hydrogens (tertiary/aromatic N) is 2. The van der Waals surface area contributed by atoms with Crippen LogP contribution < -0.4 is 16.1 Å². The minimum atomic E-state index is -1.27. The molecular weight excluding hydrogens is 570 g/mol. The molecule has 44 heavy (non-hydrogen) atoms. The summed E-state index contributed by atoms with van der Waals surface area (Å²) in [5.74, 6) is -2.64. The van der Waals surface area contributed by atoms with Crippen molar-refractivity contribution in [2.24, 2.45) is 11.3 Å². The molecule has 5 N–H and O–H groups in total. The predicted molar refractivity (Wildman–Crippen MR) is 160 cm³/mol. The number of aliphatic carboxylic acids is 1. The van der Waals surface area contributed by atoms with E-state index in [1.165, 1.54) is 11.9 Å². The van der Waals surface area contributed by atoms with Crippen LogP contribution in [0.25, 0.3) is 17.0 Å². The Labute approximate surface area is 256 Å². The predicted octanol–water partition coefficient (Wildman–Crippen LogP) is 1.52. The van der Waals surface area contributed by atoms with Crippen molar-refractivity contribution in [3.63, 3.8) is 0 Å². The van der Waals surface area contributed by atoms with Crippen LogP contribution in [0, 0.1) is 11.3 Å². The molecule has 0 spiro atoms. The monoisotopic (exact) mass is 611 g/mol. The van der Waals surface area contributed by atoms with E-state index < -0.39 is 47.4 Å². The lowest BCUT2D eigenvalue weighted by Gasteiger charge is -2.35. The van der Waals surface area contributed by atoms with Crippen LogP contribution in [0.1, 0.15) is 57.8 Å². The molecule has 0 saturated carbocycles. The number of nitrogens with one attached hydrogen (secondary N) is 3. The lowest BCUT2D eigenvalue weighted by atomic mass is 9.88. The molecule has 2 fully saturated rings. The average Bonchev–Trinajstić information content (AvgIpc) is 3.02.